The van der Waals surface area contributed by atoms with Gasteiger partial charge in [0.05, 0.1) is 11.6 Å². The van der Waals surface area contributed by atoms with E-state index in [1.54, 1.807) is 20.8 Å². The van der Waals surface area contributed by atoms with Crippen molar-refractivity contribution in [1.82, 2.24) is 5.32 Å². The molecule has 19 heavy (non-hydrogen) atoms. The Labute approximate surface area is 116 Å². The minimum Gasteiger partial charge on any atom is -0.508 e. The molecule has 0 bridgehead atoms. The number of carbonyl (C=O) groups is 2. The number of nitrogens with one attached hydrogen (secondary N) is 1. The van der Waals surface area contributed by atoms with Crippen LogP contribution in [0.15, 0.2) is 18.2 Å². The monoisotopic (exact) mass is 285 g/mol. The summed E-state index contributed by atoms with van der Waals surface area (Å²) in [4.78, 5) is 23.2. The Morgan fingerprint density at radius 2 is 2.00 bits per heavy atom. The van der Waals surface area contributed by atoms with Crippen molar-refractivity contribution >= 4 is 23.5 Å². The molecule has 0 saturated carbocycles. The summed E-state index contributed by atoms with van der Waals surface area (Å²) in [5.41, 5.74) is -0.390. The first-order valence-corrected chi connectivity index (χ1v) is 6.05. The van der Waals surface area contributed by atoms with Gasteiger partial charge in [-0.3, -0.25) is 4.79 Å². The zero-order valence-electron chi connectivity index (χ0n) is 11.0. The van der Waals surface area contributed by atoms with Crippen LogP contribution >= 0.6 is 11.6 Å². The summed E-state index contributed by atoms with van der Waals surface area (Å²) in [5, 5.41) is 11.7. The van der Waals surface area contributed by atoms with E-state index in [0.717, 1.165) is 0 Å². The molecule has 0 heterocycles. The predicted molar refractivity (Wildman–Crippen MR) is 71.7 cm³/mol. The highest BCUT2D eigenvalue weighted by molar-refractivity contribution is 6.34. The van der Waals surface area contributed by atoms with Crippen LogP contribution in [-0.4, -0.2) is 29.1 Å². The lowest BCUT2D eigenvalue weighted by atomic mass is 10.1. The van der Waals surface area contributed by atoms with Gasteiger partial charge in [0.2, 0.25) is 0 Å². The topological polar surface area (TPSA) is 75.6 Å². The second-order valence-corrected chi connectivity index (χ2v) is 5.35. The molecule has 0 spiro atoms. The second-order valence-electron chi connectivity index (χ2n) is 4.94. The number of Topliss-reactive ketones (excluding diaryl/α,β-unsaturated/α-hetero) is 1. The summed E-state index contributed by atoms with van der Waals surface area (Å²) in [6.45, 7) is 4.96. The number of rotatable bonds is 3. The van der Waals surface area contributed by atoms with E-state index in [0.29, 0.717) is 0 Å². The van der Waals surface area contributed by atoms with Crippen molar-refractivity contribution in [1.29, 1.82) is 0 Å². The number of hydrogen-bond donors (Lipinski definition) is 2. The maximum Gasteiger partial charge on any atom is 0.408 e. The van der Waals surface area contributed by atoms with Gasteiger partial charge in [-0.1, -0.05) is 11.6 Å². The molecule has 0 aromatic heterocycles. The number of amides is 1. The van der Waals surface area contributed by atoms with Crippen molar-refractivity contribution in [3.05, 3.63) is 28.8 Å². The summed E-state index contributed by atoms with van der Waals surface area (Å²) in [6, 6.07) is 4.02. The molecule has 0 aliphatic rings. The summed E-state index contributed by atoms with van der Waals surface area (Å²) in [5.74, 6) is -0.391. The maximum atomic E-state index is 11.8. The smallest absolute Gasteiger partial charge is 0.408 e. The van der Waals surface area contributed by atoms with Crippen molar-refractivity contribution in [2.24, 2.45) is 0 Å². The Balaban J connectivity index is 2.59. The van der Waals surface area contributed by atoms with Gasteiger partial charge in [0.1, 0.15) is 11.4 Å². The Hall–Kier alpha value is -1.75. The Morgan fingerprint density at radius 3 is 2.53 bits per heavy atom. The number of phenolic OH excluding ortho intramolecular Hbond substituents is 1. The van der Waals surface area contributed by atoms with Crippen LogP contribution in [-0.2, 0) is 4.74 Å². The number of halogens is 1. The van der Waals surface area contributed by atoms with Gasteiger partial charge in [-0.25, -0.2) is 4.79 Å². The van der Waals surface area contributed by atoms with E-state index < -0.39 is 11.7 Å². The van der Waals surface area contributed by atoms with Gasteiger partial charge in [0.25, 0.3) is 0 Å². The maximum absolute atomic E-state index is 11.8. The third-order valence-electron chi connectivity index (χ3n) is 2.05. The minimum atomic E-state index is -0.671. The summed E-state index contributed by atoms with van der Waals surface area (Å²) >= 11 is 5.82. The Morgan fingerprint density at radius 1 is 1.37 bits per heavy atom. The number of aromatic hydroxyl groups is 1. The average Bonchev–Trinajstić information content (AvgIpc) is 2.23. The van der Waals surface area contributed by atoms with Crippen molar-refractivity contribution in [3.8, 4) is 5.75 Å². The SMILES string of the molecule is CC(C)(C)OC(=O)NCC(=O)c1ccc(O)cc1Cl. The molecule has 1 rings (SSSR count). The summed E-state index contributed by atoms with van der Waals surface area (Å²) in [7, 11) is 0. The van der Waals surface area contributed by atoms with Crippen LogP contribution in [0.5, 0.6) is 5.75 Å². The average molecular weight is 286 g/mol. The van der Waals surface area contributed by atoms with Gasteiger partial charge in [0, 0.05) is 5.56 Å². The van der Waals surface area contributed by atoms with Crippen LogP contribution in [0.3, 0.4) is 0 Å². The molecule has 1 aromatic rings. The number of phenols is 1. The molecule has 5 nitrogen and oxygen atoms in total. The highest BCUT2D eigenvalue weighted by Gasteiger charge is 2.17. The van der Waals surface area contributed by atoms with E-state index in [4.69, 9.17) is 16.3 Å². The van der Waals surface area contributed by atoms with Crippen LogP contribution < -0.4 is 5.32 Å². The van der Waals surface area contributed by atoms with E-state index in [1.165, 1.54) is 18.2 Å². The number of ketones is 1. The molecule has 0 unspecified atom stereocenters. The lowest BCUT2D eigenvalue weighted by molar-refractivity contribution is 0.0520. The van der Waals surface area contributed by atoms with Gasteiger partial charge < -0.3 is 15.2 Å². The molecular formula is C13H16ClNO4. The molecule has 104 valence electrons. The first-order chi connectivity index (χ1) is 8.69. The zero-order chi connectivity index (χ0) is 14.6. The highest BCUT2D eigenvalue weighted by atomic mass is 35.5. The molecule has 6 heteroatoms. The third kappa shape index (κ3) is 5.18. The molecule has 1 amide bonds. The van der Waals surface area contributed by atoms with Crippen molar-refractivity contribution in [2.75, 3.05) is 6.54 Å². The Kier molecular flexibility index (Phi) is 4.78. The quantitative estimate of drug-likeness (QED) is 0.837. The van der Waals surface area contributed by atoms with Gasteiger partial charge in [-0.15, -0.1) is 0 Å². The van der Waals surface area contributed by atoms with Crippen molar-refractivity contribution in [3.63, 3.8) is 0 Å². The van der Waals surface area contributed by atoms with E-state index in [2.05, 4.69) is 5.32 Å². The largest absolute Gasteiger partial charge is 0.508 e. The number of alkyl carbamates (subject to hydrolysis) is 1. The fraction of sp³-hybridized carbons (Fsp3) is 0.385. The molecule has 1 aromatic carbocycles. The van der Waals surface area contributed by atoms with Crippen molar-refractivity contribution in [2.45, 2.75) is 26.4 Å². The lowest BCUT2D eigenvalue weighted by Gasteiger charge is -2.19. The van der Waals surface area contributed by atoms with E-state index in [1.807, 2.05) is 0 Å². The van der Waals surface area contributed by atoms with Gasteiger partial charge in [-0.05, 0) is 39.0 Å². The summed E-state index contributed by atoms with van der Waals surface area (Å²) in [6.07, 6.45) is -0.671. The number of hydrogen-bond acceptors (Lipinski definition) is 4. The molecule has 0 radical (unpaired) electrons. The molecule has 0 aliphatic heterocycles. The first-order valence-electron chi connectivity index (χ1n) is 5.67. The van der Waals surface area contributed by atoms with Crippen LogP contribution in [0.25, 0.3) is 0 Å². The van der Waals surface area contributed by atoms with Crippen LogP contribution in [0, 0.1) is 0 Å². The molecule has 0 fully saturated rings. The van der Waals surface area contributed by atoms with Crippen LogP contribution in [0.2, 0.25) is 5.02 Å². The van der Waals surface area contributed by atoms with Crippen LogP contribution in [0.4, 0.5) is 4.79 Å². The first kappa shape index (κ1) is 15.3. The number of benzene rings is 1. The number of carbonyl (C=O) groups excluding carboxylic acids is 2. The van der Waals surface area contributed by atoms with Gasteiger partial charge >= 0.3 is 6.09 Å². The predicted octanol–water partition coefficient (Wildman–Crippen LogP) is 2.75. The van der Waals surface area contributed by atoms with E-state index >= 15 is 0 Å². The standard InChI is InChI=1S/C13H16ClNO4/c1-13(2,3)19-12(18)15-7-11(17)9-5-4-8(16)6-10(9)14/h4-6,16H,7H2,1-3H3,(H,15,18). The van der Waals surface area contributed by atoms with Gasteiger partial charge in [0.15, 0.2) is 5.78 Å². The molecular weight excluding hydrogens is 270 g/mol. The van der Waals surface area contributed by atoms with E-state index in [-0.39, 0.29) is 28.7 Å². The highest BCUT2D eigenvalue weighted by Crippen LogP contribution is 2.21. The lowest BCUT2D eigenvalue weighted by Crippen LogP contribution is -2.35. The molecule has 2 N–H and O–H groups in total. The second kappa shape index (κ2) is 5.93. The molecule has 0 aliphatic carbocycles. The molecule has 0 saturated heterocycles. The number of ether oxygens (including phenoxy) is 1. The fourth-order valence-corrected chi connectivity index (χ4v) is 1.57. The molecule has 0 atom stereocenters. The minimum absolute atomic E-state index is 0.0262. The normalized spacial score (nSPS) is 10.9. The third-order valence-corrected chi connectivity index (χ3v) is 2.36. The van der Waals surface area contributed by atoms with E-state index in [9.17, 15) is 14.7 Å². The fourth-order valence-electron chi connectivity index (χ4n) is 1.29. The Bertz CT molecular complexity index is 494. The van der Waals surface area contributed by atoms with Gasteiger partial charge in [-0.2, -0.15) is 0 Å². The van der Waals surface area contributed by atoms with Crippen LogP contribution in [0.1, 0.15) is 31.1 Å². The summed E-state index contributed by atoms with van der Waals surface area (Å²) < 4.78 is 5.00. The van der Waals surface area contributed by atoms with Crippen molar-refractivity contribution < 1.29 is 19.4 Å². The zero-order valence-corrected chi connectivity index (χ0v) is 11.7.